The van der Waals surface area contributed by atoms with Crippen molar-refractivity contribution in [2.75, 3.05) is 13.2 Å². The SMILES string of the molecule is CCCCCCC1COC(C)OC1. The molecule has 2 heteroatoms. The Kier molecular flexibility index (Phi) is 5.40. The van der Waals surface area contributed by atoms with Crippen LogP contribution in [0.5, 0.6) is 0 Å². The minimum atomic E-state index is 0.0203. The van der Waals surface area contributed by atoms with E-state index >= 15 is 0 Å². The van der Waals surface area contributed by atoms with Crippen LogP contribution in [0.25, 0.3) is 0 Å². The molecule has 78 valence electrons. The molecule has 0 radical (unpaired) electrons. The Morgan fingerprint density at radius 3 is 2.38 bits per heavy atom. The fourth-order valence-electron chi connectivity index (χ4n) is 1.67. The lowest BCUT2D eigenvalue weighted by molar-refractivity contribution is -0.191. The van der Waals surface area contributed by atoms with Gasteiger partial charge in [0.05, 0.1) is 13.2 Å². The van der Waals surface area contributed by atoms with Gasteiger partial charge in [-0.2, -0.15) is 0 Å². The Morgan fingerprint density at radius 1 is 1.08 bits per heavy atom. The predicted octanol–water partition coefficient (Wildman–Crippen LogP) is 2.97. The van der Waals surface area contributed by atoms with Crippen LogP contribution in [0.4, 0.5) is 0 Å². The Labute approximate surface area is 81.6 Å². The van der Waals surface area contributed by atoms with Crippen LogP contribution in [0.2, 0.25) is 0 Å². The molecular formula is C11H22O2. The van der Waals surface area contributed by atoms with E-state index < -0.39 is 0 Å². The summed E-state index contributed by atoms with van der Waals surface area (Å²) in [5.41, 5.74) is 0. The average Bonchev–Trinajstić information content (AvgIpc) is 2.15. The third-order valence-electron chi connectivity index (χ3n) is 2.60. The molecule has 1 heterocycles. The quantitative estimate of drug-likeness (QED) is 0.614. The molecule has 0 aromatic carbocycles. The second-order valence-corrected chi connectivity index (χ2v) is 3.95. The van der Waals surface area contributed by atoms with Gasteiger partial charge in [0.2, 0.25) is 0 Å². The molecule has 0 aliphatic carbocycles. The van der Waals surface area contributed by atoms with Gasteiger partial charge in [-0.05, 0) is 13.3 Å². The molecule has 1 aliphatic rings. The van der Waals surface area contributed by atoms with Crippen LogP contribution in [-0.4, -0.2) is 19.5 Å². The molecule has 0 amide bonds. The number of unbranched alkanes of at least 4 members (excludes halogenated alkanes) is 3. The molecule has 1 fully saturated rings. The van der Waals surface area contributed by atoms with E-state index in [1.165, 1.54) is 32.1 Å². The van der Waals surface area contributed by atoms with Crippen molar-refractivity contribution in [3.63, 3.8) is 0 Å². The molecule has 0 aromatic rings. The first-order valence-electron chi connectivity index (χ1n) is 5.56. The van der Waals surface area contributed by atoms with Crippen LogP contribution in [-0.2, 0) is 9.47 Å². The maximum atomic E-state index is 5.43. The molecular weight excluding hydrogens is 164 g/mol. The first kappa shape index (κ1) is 11.0. The topological polar surface area (TPSA) is 18.5 Å². The van der Waals surface area contributed by atoms with Gasteiger partial charge in [-0.3, -0.25) is 0 Å². The summed E-state index contributed by atoms with van der Waals surface area (Å²) >= 11 is 0. The zero-order valence-electron chi connectivity index (χ0n) is 8.92. The Bertz CT molecular complexity index is 117. The van der Waals surface area contributed by atoms with Gasteiger partial charge in [-0.15, -0.1) is 0 Å². The molecule has 13 heavy (non-hydrogen) atoms. The Morgan fingerprint density at radius 2 is 1.77 bits per heavy atom. The van der Waals surface area contributed by atoms with Crippen molar-refractivity contribution in [2.24, 2.45) is 5.92 Å². The van der Waals surface area contributed by atoms with Crippen molar-refractivity contribution in [1.29, 1.82) is 0 Å². The molecule has 0 aromatic heterocycles. The fourth-order valence-corrected chi connectivity index (χ4v) is 1.67. The summed E-state index contributed by atoms with van der Waals surface area (Å²) in [5.74, 6) is 0.646. The lowest BCUT2D eigenvalue weighted by Crippen LogP contribution is -2.29. The van der Waals surface area contributed by atoms with Crippen LogP contribution >= 0.6 is 0 Å². The second-order valence-electron chi connectivity index (χ2n) is 3.95. The monoisotopic (exact) mass is 186 g/mol. The number of ether oxygens (including phenoxy) is 2. The van der Waals surface area contributed by atoms with Crippen LogP contribution in [0, 0.1) is 5.92 Å². The highest BCUT2D eigenvalue weighted by Gasteiger charge is 2.17. The van der Waals surface area contributed by atoms with Gasteiger partial charge in [0.15, 0.2) is 6.29 Å². The van der Waals surface area contributed by atoms with Crippen LogP contribution < -0.4 is 0 Å². The highest BCUT2D eigenvalue weighted by atomic mass is 16.7. The van der Waals surface area contributed by atoms with E-state index in [1.807, 2.05) is 6.92 Å². The van der Waals surface area contributed by atoms with Crippen molar-refractivity contribution in [1.82, 2.24) is 0 Å². The van der Waals surface area contributed by atoms with Crippen LogP contribution in [0.3, 0.4) is 0 Å². The third-order valence-corrected chi connectivity index (χ3v) is 2.60. The van der Waals surface area contributed by atoms with E-state index in [-0.39, 0.29) is 6.29 Å². The predicted molar refractivity (Wildman–Crippen MR) is 53.6 cm³/mol. The zero-order chi connectivity index (χ0) is 9.52. The van der Waals surface area contributed by atoms with E-state index in [2.05, 4.69) is 6.92 Å². The summed E-state index contributed by atoms with van der Waals surface area (Å²) < 4.78 is 10.9. The molecule has 0 saturated carbocycles. The average molecular weight is 186 g/mol. The third kappa shape index (κ3) is 4.63. The lowest BCUT2D eigenvalue weighted by atomic mass is 10.0. The normalized spacial score (nSPS) is 29.1. The maximum absolute atomic E-state index is 5.43. The first-order chi connectivity index (χ1) is 6.33. The van der Waals surface area contributed by atoms with Gasteiger partial charge in [0.1, 0.15) is 0 Å². The van der Waals surface area contributed by atoms with E-state index in [4.69, 9.17) is 9.47 Å². The fraction of sp³-hybridized carbons (Fsp3) is 1.00. The van der Waals surface area contributed by atoms with Gasteiger partial charge in [0, 0.05) is 5.92 Å². The van der Waals surface area contributed by atoms with Crippen LogP contribution in [0.1, 0.15) is 46.0 Å². The maximum Gasteiger partial charge on any atom is 0.154 e. The Balaban J connectivity index is 1.96. The minimum Gasteiger partial charge on any atom is -0.353 e. The van der Waals surface area contributed by atoms with Crippen LogP contribution in [0.15, 0.2) is 0 Å². The van der Waals surface area contributed by atoms with E-state index in [1.54, 1.807) is 0 Å². The molecule has 1 saturated heterocycles. The molecule has 2 nitrogen and oxygen atoms in total. The van der Waals surface area contributed by atoms with Crippen molar-refractivity contribution in [3.05, 3.63) is 0 Å². The van der Waals surface area contributed by atoms with E-state index in [9.17, 15) is 0 Å². The number of hydrogen-bond donors (Lipinski definition) is 0. The minimum absolute atomic E-state index is 0.0203. The summed E-state index contributed by atoms with van der Waals surface area (Å²) in [6.07, 6.45) is 6.67. The molecule has 0 bridgehead atoms. The largest absolute Gasteiger partial charge is 0.353 e. The molecule has 0 unspecified atom stereocenters. The van der Waals surface area contributed by atoms with E-state index in [0.29, 0.717) is 5.92 Å². The van der Waals surface area contributed by atoms with Gasteiger partial charge in [-0.1, -0.05) is 32.6 Å². The van der Waals surface area contributed by atoms with Crippen molar-refractivity contribution < 1.29 is 9.47 Å². The smallest absolute Gasteiger partial charge is 0.154 e. The van der Waals surface area contributed by atoms with Crippen molar-refractivity contribution >= 4 is 0 Å². The Hall–Kier alpha value is -0.0800. The summed E-state index contributed by atoms with van der Waals surface area (Å²) in [6, 6.07) is 0. The summed E-state index contributed by atoms with van der Waals surface area (Å²) in [5, 5.41) is 0. The number of hydrogen-bond acceptors (Lipinski definition) is 2. The van der Waals surface area contributed by atoms with Gasteiger partial charge in [-0.25, -0.2) is 0 Å². The molecule has 0 N–H and O–H groups in total. The summed E-state index contributed by atoms with van der Waals surface area (Å²) in [7, 11) is 0. The van der Waals surface area contributed by atoms with E-state index in [0.717, 1.165) is 13.2 Å². The first-order valence-corrected chi connectivity index (χ1v) is 5.56. The van der Waals surface area contributed by atoms with Gasteiger partial charge < -0.3 is 9.47 Å². The van der Waals surface area contributed by atoms with Gasteiger partial charge in [0.25, 0.3) is 0 Å². The van der Waals surface area contributed by atoms with Gasteiger partial charge >= 0.3 is 0 Å². The standard InChI is InChI=1S/C11H22O2/c1-3-4-5-6-7-11-8-12-10(2)13-9-11/h10-11H,3-9H2,1-2H3. The summed E-state index contributed by atoms with van der Waals surface area (Å²) in [4.78, 5) is 0. The second kappa shape index (κ2) is 6.39. The van der Waals surface area contributed by atoms with Crippen molar-refractivity contribution in [3.8, 4) is 0 Å². The highest BCUT2D eigenvalue weighted by Crippen LogP contribution is 2.17. The molecule has 1 aliphatic heterocycles. The molecule has 1 rings (SSSR count). The summed E-state index contributed by atoms with van der Waals surface area (Å²) in [6.45, 7) is 6.00. The highest BCUT2D eigenvalue weighted by molar-refractivity contribution is 4.61. The number of rotatable bonds is 5. The van der Waals surface area contributed by atoms with Crippen molar-refractivity contribution in [2.45, 2.75) is 52.2 Å². The molecule has 0 spiro atoms. The molecule has 0 atom stereocenters. The zero-order valence-corrected chi connectivity index (χ0v) is 8.92. The lowest BCUT2D eigenvalue weighted by Gasteiger charge is -2.27.